The zero-order valence-electron chi connectivity index (χ0n) is 22.0. The molecule has 7 heteroatoms. The number of benzene rings is 3. The Labute approximate surface area is 228 Å². The summed E-state index contributed by atoms with van der Waals surface area (Å²) in [6.45, 7) is 9.12. The molecule has 1 amide bonds. The molecule has 1 atom stereocenters. The van der Waals surface area contributed by atoms with Crippen molar-refractivity contribution in [1.82, 2.24) is 4.90 Å². The van der Waals surface area contributed by atoms with Crippen molar-refractivity contribution in [2.24, 2.45) is 5.92 Å². The molecule has 1 saturated heterocycles. The normalized spacial score (nSPS) is 16.8. The van der Waals surface area contributed by atoms with Crippen LogP contribution in [0.2, 0.25) is 5.02 Å². The van der Waals surface area contributed by atoms with Crippen molar-refractivity contribution in [1.29, 1.82) is 0 Å². The van der Waals surface area contributed by atoms with Crippen LogP contribution in [0, 0.1) is 12.8 Å². The lowest BCUT2D eigenvalue weighted by Crippen LogP contribution is -2.29. The summed E-state index contributed by atoms with van der Waals surface area (Å²) < 4.78 is 11.3. The van der Waals surface area contributed by atoms with E-state index in [0.717, 1.165) is 22.4 Å². The van der Waals surface area contributed by atoms with Gasteiger partial charge in [-0.2, -0.15) is 0 Å². The molecule has 4 rings (SSSR count). The van der Waals surface area contributed by atoms with E-state index in [4.69, 9.17) is 21.1 Å². The summed E-state index contributed by atoms with van der Waals surface area (Å²) in [5, 5.41) is 11.8. The number of ether oxygens (including phenoxy) is 2. The third-order valence-corrected chi connectivity index (χ3v) is 6.57. The molecule has 1 aliphatic rings. The fourth-order valence-electron chi connectivity index (χ4n) is 4.45. The number of halogens is 1. The Morgan fingerprint density at radius 2 is 1.76 bits per heavy atom. The number of carbonyl (C=O) groups excluding carboxylic acids is 2. The van der Waals surface area contributed by atoms with E-state index in [1.807, 2.05) is 62.4 Å². The minimum absolute atomic E-state index is 0.0299. The molecule has 1 aliphatic heterocycles. The van der Waals surface area contributed by atoms with Crippen LogP contribution in [0.15, 0.2) is 72.3 Å². The maximum Gasteiger partial charge on any atom is 0.295 e. The van der Waals surface area contributed by atoms with Crippen LogP contribution in [0.1, 0.15) is 49.1 Å². The highest BCUT2D eigenvalue weighted by Crippen LogP contribution is 2.41. The van der Waals surface area contributed by atoms with Gasteiger partial charge in [0.25, 0.3) is 11.7 Å². The van der Waals surface area contributed by atoms with Gasteiger partial charge in [-0.1, -0.05) is 67.4 Å². The maximum atomic E-state index is 13.4. The fourth-order valence-corrected chi connectivity index (χ4v) is 4.62. The molecule has 1 heterocycles. The quantitative estimate of drug-likeness (QED) is 0.188. The molecule has 3 aromatic rings. The molecule has 1 fully saturated rings. The molecule has 6 nitrogen and oxygen atoms in total. The lowest BCUT2D eigenvalue weighted by atomic mass is 9.94. The first kappa shape index (κ1) is 27.3. The van der Waals surface area contributed by atoms with E-state index in [-0.39, 0.29) is 17.9 Å². The van der Waals surface area contributed by atoms with Crippen molar-refractivity contribution in [2.75, 3.05) is 13.2 Å². The summed E-state index contributed by atoms with van der Waals surface area (Å²) in [6.07, 6.45) is 0. The standard InChI is InChI=1S/C31H32ClNO5/c1-5-37-26-16-23(11-14-25(26)32)29(34)27-28(22-8-6-7-20(4)15-22)33(31(36)30(27)35)17-21-9-12-24(13-10-21)38-18-19(2)3/h6-16,19,28,34H,5,17-18H2,1-4H3/b29-27-. The summed E-state index contributed by atoms with van der Waals surface area (Å²) in [5.74, 6) is -0.142. The van der Waals surface area contributed by atoms with Crippen LogP contribution in [0.25, 0.3) is 5.76 Å². The van der Waals surface area contributed by atoms with E-state index >= 15 is 0 Å². The van der Waals surface area contributed by atoms with Crippen molar-refractivity contribution in [2.45, 2.75) is 40.3 Å². The van der Waals surface area contributed by atoms with Crippen LogP contribution in [0.4, 0.5) is 0 Å². The zero-order chi connectivity index (χ0) is 27.4. The van der Waals surface area contributed by atoms with Crippen molar-refractivity contribution < 1.29 is 24.2 Å². The highest BCUT2D eigenvalue weighted by molar-refractivity contribution is 6.46. The number of Topliss-reactive ketones (excluding diaryl/α,β-unsaturated/α-hetero) is 1. The van der Waals surface area contributed by atoms with E-state index in [0.29, 0.717) is 35.5 Å². The molecule has 3 aromatic carbocycles. The Bertz CT molecular complexity index is 1360. The number of aliphatic hydroxyl groups is 1. The van der Waals surface area contributed by atoms with Crippen molar-refractivity contribution in [3.63, 3.8) is 0 Å². The predicted molar refractivity (Wildman–Crippen MR) is 148 cm³/mol. The molecule has 1 N–H and O–H groups in total. The number of hydrogen-bond donors (Lipinski definition) is 1. The molecule has 38 heavy (non-hydrogen) atoms. The van der Waals surface area contributed by atoms with E-state index in [1.54, 1.807) is 18.2 Å². The first-order chi connectivity index (χ1) is 18.2. The van der Waals surface area contributed by atoms with E-state index in [1.165, 1.54) is 4.90 Å². The van der Waals surface area contributed by atoms with Gasteiger partial charge in [0, 0.05) is 12.1 Å². The van der Waals surface area contributed by atoms with Gasteiger partial charge in [-0.25, -0.2) is 0 Å². The third-order valence-electron chi connectivity index (χ3n) is 6.26. The number of aliphatic hydroxyl groups excluding tert-OH is 1. The van der Waals surface area contributed by atoms with Gasteiger partial charge in [0.2, 0.25) is 0 Å². The summed E-state index contributed by atoms with van der Waals surface area (Å²) in [5.41, 5.74) is 2.93. The van der Waals surface area contributed by atoms with Gasteiger partial charge in [-0.3, -0.25) is 9.59 Å². The number of rotatable bonds is 9. The lowest BCUT2D eigenvalue weighted by molar-refractivity contribution is -0.140. The van der Waals surface area contributed by atoms with Crippen LogP contribution in [-0.4, -0.2) is 34.9 Å². The molecule has 0 saturated carbocycles. The number of hydrogen-bond acceptors (Lipinski definition) is 5. The Morgan fingerprint density at radius 3 is 2.42 bits per heavy atom. The second-order valence-electron chi connectivity index (χ2n) is 9.77. The second-order valence-corrected chi connectivity index (χ2v) is 10.2. The van der Waals surface area contributed by atoms with Crippen molar-refractivity contribution in [3.8, 4) is 11.5 Å². The molecule has 0 spiro atoms. The van der Waals surface area contributed by atoms with Gasteiger partial charge in [0.15, 0.2) is 0 Å². The zero-order valence-corrected chi connectivity index (χ0v) is 22.8. The first-order valence-corrected chi connectivity index (χ1v) is 13.1. The van der Waals surface area contributed by atoms with E-state index in [9.17, 15) is 14.7 Å². The lowest BCUT2D eigenvalue weighted by Gasteiger charge is -2.26. The van der Waals surface area contributed by atoms with Gasteiger partial charge in [0.05, 0.1) is 29.9 Å². The highest BCUT2D eigenvalue weighted by Gasteiger charge is 2.46. The monoisotopic (exact) mass is 533 g/mol. The third kappa shape index (κ3) is 5.86. The summed E-state index contributed by atoms with van der Waals surface area (Å²) in [4.78, 5) is 28.2. The molecule has 0 radical (unpaired) electrons. The fraction of sp³-hybridized carbons (Fsp3) is 0.290. The molecule has 0 bridgehead atoms. The molecule has 0 aliphatic carbocycles. The number of likely N-dealkylation sites (tertiary alicyclic amines) is 1. The summed E-state index contributed by atoms with van der Waals surface area (Å²) in [6, 6.07) is 19.1. The smallest absolute Gasteiger partial charge is 0.295 e. The topological polar surface area (TPSA) is 76.1 Å². The number of aryl methyl sites for hydroxylation is 1. The maximum absolute atomic E-state index is 13.4. The molecule has 198 valence electrons. The number of nitrogens with zero attached hydrogens (tertiary/aromatic N) is 1. The van der Waals surface area contributed by atoms with Gasteiger partial charge in [-0.15, -0.1) is 0 Å². The van der Waals surface area contributed by atoms with Gasteiger partial charge in [-0.05, 0) is 61.2 Å². The summed E-state index contributed by atoms with van der Waals surface area (Å²) >= 11 is 6.23. The van der Waals surface area contributed by atoms with Crippen molar-refractivity contribution in [3.05, 3.63) is 99.6 Å². The molecule has 1 unspecified atom stereocenters. The van der Waals surface area contributed by atoms with Gasteiger partial charge < -0.3 is 19.5 Å². The Morgan fingerprint density at radius 1 is 1.03 bits per heavy atom. The largest absolute Gasteiger partial charge is 0.507 e. The minimum atomic E-state index is -0.766. The Hall–Kier alpha value is -3.77. The number of carbonyl (C=O) groups is 2. The first-order valence-electron chi connectivity index (χ1n) is 12.7. The minimum Gasteiger partial charge on any atom is -0.507 e. The average Bonchev–Trinajstić information content (AvgIpc) is 3.14. The Balaban J connectivity index is 1.75. The van der Waals surface area contributed by atoms with Crippen LogP contribution >= 0.6 is 11.6 Å². The van der Waals surface area contributed by atoms with E-state index < -0.39 is 17.7 Å². The number of amides is 1. The van der Waals surface area contributed by atoms with Crippen molar-refractivity contribution >= 4 is 29.1 Å². The second kappa shape index (κ2) is 11.7. The van der Waals surface area contributed by atoms with Crippen LogP contribution < -0.4 is 9.47 Å². The number of ketones is 1. The van der Waals surface area contributed by atoms with Crippen LogP contribution in [-0.2, 0) is 16.1 Å². The van der Waals surface area contributed by atoms with Crippen LogP contribution in [0.3, 0.4) is 0 Å². The predicted octanol–water partition coefficient (Wildman–Crippen LogP) is 6.70. The SMILES string of the molecule is CCOc1cc(/C(O)=C2/C(=O)C(=O)N(Cc3ccc(OCC(C)C)cc3)C2c2cccc(C)c2)ccc1Cl. The molecule has 0 aromatic heterocycles. The van der Waals surface area contributed by atoms with Crippen LogP contribution in [0.5, 0.6) is 11.5 Å². The molecular formula is C31H32ClNO5. The Kier molecular flexibility index (Phi) is 8.42. The summed E-state index contributed by atoms with van der Waals surface area (Å²) in [7, 11) is 0. The molecular weight excluding hydrogens is 502 g/mol. The van der Waals surface area contributed by atoms with E-state index in [2.05, 4.69) is 13.8 Å². The van der Waals surface area contributed by atoms with Gasteiger partial charge in [0.1, 0.15) is 17.3 Å². The highest BCUT2D eigenvalue weighted by atomic mass is 35.5. The van der Waals surface area contributed by atoms with Gasteiger partial charge >= 0.3 is 0 Å². The average molecular weight is 534 g/mol.